The van der Waals surface area contributed by atoms with Gasteiger partial charge < -0.3 is 4.18 Å². The number of anilines is 1. The molecule has 0 heterocycles. The smallest absolute Gasteiger partial charge is 0.373 e. The third-order valence-electron chi connectivity index (χ3n) is 3.08. The predicted octanol–water partition coefficient (Wildman–Crippen LogP) is 3.30. The lowest BCUT2D eigenvalue weighted by molar-refractivity contribution is -0.0500. The molecule has 0 unspecified atom stereocenters. The molecule has 0 spiro atoms. The van der Waals surface area contributed by atoms with Gasteiger partial charge in [0.25, 0.3) is 10.0 Å². The first-order chi connectivity index (χ1) is 12.2. The number of hydrogen-bond donors (Lipinski definition) is 1. The van der Waals surface area contributed by atoms with E-state index < -0.39 is 48.7 Å². The van der Waals surface area contributed by atoms with Crippen LogP contribution in [-0.2, 0) is 20.1 Å². The number of alkyl halides is 3. The maximum Gasteiger partial charge on any atom is 0.534 e. The van der Waals surface area contributed by atoms with Gasteiger partial charge >= 0.3 is 15.6 Å². The monoisotopic (exact) mass is 431 g/mol. The maximum atomic E-state index is 13.8. The summed E-state index contributed by atoms with van der Waals surface area (Å²) in [5.41, 5.74) is -6.16. The number of nitrogens with one attached hydrogen (secondary N) is 1. The van der Waals surface area contributed by atoms with Crippen LogP contribution >= 0.6 is 0 Å². The van der Waals surface area contributed by atoms with E-state index in [1.54, 1.807) is 11.6 Å². The highest BCUT2D eigenvalue weighted by Gasteiger charge is 2.49. The van der Waals surface area contributed by atoms with Gasteiger partial charge in [0.15, 0.2) is 11.6 Å². The third-order valence-corrected chi connectivity index (χ3v) is 5.43. The van der Waals surface area contributed by atoms with Crippen LogP contribution in [0.2, 0.25) is 0 Å². The summed E-state index contributed by atoms with van der Waals surface area (Å²) >= 11 is 0. The van der Waals surface area contributed by atoms with Crippen molar-refractivity contribution in [3.05, 3.63) is 53.6 Å². The zero-order chi connectivity index (χ0) is 20.6. The molecule has 0 fully saturated rings. The fourth-order valence-corrected chi connectivity index (χ4v) is 3.27. The van der Waals surface area contributed by atoms with Crippen molar-refractivity contribution in [3.8, 4) is 5.75 Å². The molecule has 0 saturated heterocycles. The molecule has 0 atom stereocenters. The van der Waals surface area contributed by atoms with Crippen LogP contribution in [0.15, 0.2) is 41.3 Å². The molecular weight excluding hydrogens is 421 g/mol. The van der Waals surface area contributed by atoms with Crippen LogP contribution in [0.25, 0.3) is 0 Å². The van der Waals surface area contributed by atoms with Crippen LogP contribution in [-0.4, -0.2) is 22.3 Å². The van der Waals surface area contributed by atoms with Crippen molar-refractivity contribution in [2.45, 2.75) is 17.3 Å². The summed E-state index contributed by atoms with van der Waals surface area (Å²) in [6.07, 6.45) is 0. The Morgan fingerprint density at radius 1 is 0.926 bits per heavy atom. The molecule has 6 nitrogen and oxygen atoms in total. The van der Waals surface area contributed by atoms with Gasteiger partial charge in [-0.3, -0.25) is 4.72 Å². The molecular formula is C14H10F5NO5S2. The average molecular weight is 431 g/mol. The Morgan fingerprint density at radius 3 is 2.00 bits per heavy atom. The molecule has 13 heteroatoms. The van der Waals surface area contributed by atoms with Crippen LogP contribution in [0.3, 0.4) is 0 Å². The fraction of sp³-hybridized carbons (Fsp3) is 0.143. The van der Waals surface area contributed by atoms with Gasteiger partial charge in [-0.2, -0.15) is 21.6 Å². The van der Waals surface area contributed by atoms with Crippen LogP contribution in [0.5, 0.6) is 5.75 Å². The molecule has 2 aromatic carbocycles. The predicted molar refractivity (Wildman–Crippen MR) is 83.9 cm³/mol. The molecule has 148 valence electrons. The quantitative estimate of drug-likeness (QED) is 0.446. The zero-order valence-corrected chi connectivity index (χ0v) is 14.8. The SMILES string of the molecule is Cc1ccc(S(=O)(=O)Nc2cc(OS(=O)(=O)C(F)(F)F)c(F)cc2F)cc1. The highest BCUT2D eigenvalue weighted by Crippen LogP contribution is 2.32. The van der Waals surface area contributed by atoms with E-state index in [1.165, 1.54) is 24.3 Å². The van der Waals surface area contributed by atoms with E-state index in [-0.39, 0.29) is 17.0 Å². The third kappa shape index (κ3) is 4.66. The van der Waals surface area contributed by atoms with Crippen molar-refractivity contribution in [3.63, 3.8) is 0 Å². The van der Waals surface area contributed by atoms with Gasteiger partial charge in [-0.25, -0.2) is 17.2 Å². The Kier molecular flexibility index (Phi) is 5.39. The molecule has 0 aliphatic heterocycles. The van der Waals surface area contributed by atoms with Crippen LogP contribution in [0.1, 0.15) is 5.56 Å². The number of sulfonamides is 1. The minimum absolute atomic E-state index is 0.0196. The minimum atomic E-state index is -6.24. The Balaban J connectivity index is 2.42. The van der Waals surface area contributed by atoms with E-state index in [4.69, 9.17) is 0 Å². The maximum absolute atomic E-state index is 13.8. The number of rotatable bonds is 5. The summed E-state index contributed by atoms with van der Waals surface area (Å²) in [7, 11) is -10.6. The molecule has 2 aromatic rings. The van der Waals surface area contributed by atoms with Gasteiger partial charge in [0.1, 0.15) is 5.82 Å². The second-order valence-electron chi connectivity index (χ2n) is 5.16. The first-order valence-electron chi connectivity index (χ1n) is 6.82. The van der Waals surface area contributed by atoms with Gasteiger partial charge in [-0.15, -0.1) is 0 Å². The van der Waals surface area contributed by atoms with Gasteiger partial charge in [-0.05, 0) is 19.1 Å². The second kappa shape index (κ2) is 6.96. The first kappa shape index (κ1) is 20.9. The number of hydrogen-bond acceptors (Lipinski definition) is 5. The summed E-state index contributed by atoms with van der Waals surface area (Å²) in [5, 5.41) is 0. The molecule has 0 saturated carbocycles. The van der Waals surface area contributed by atoms with Crippen molar-refractivity contribution in [1.29, 1.82) is 0 Å². The second-order valence-corrected chi connectivity index (χ2v) is 8.38. The highest BCUT2D eigenvalue weighted by molar-refractivity contribution is 7.92. The molecule has 27 heavy (non-hydrogen) atoms. The van der Waals surface area contributed by atoms with Crippen LogP contribution < -0.4 is 8.91 Å². The number of benzene rings is 2. The Labute approximate surface area is 150 Å². The molecule has 0 amide bonds. The van der Waals surface area contributed by atoms with Gasteiger partial charge in [0, 0.05) is 12.1 Å². The largest absolute Gasteiger partial charge is 0.534 e. The summed E-state index contributed by atoms with van der Waals surface area (Å²) in [4.78, 5) is -0.317. The summed E-state index contributed by atoms with van der Waals surface area (Å²) in [6.45, 7) is 1.67. The standard InChI is InChI=1S/C14H10F5NO5S2/c1-8-2-4-9(5-3-8)26(21,22)20-12-7-13(11(16)6-10(12)15)25-27(23,24)14(17,18)19/h2-7,20H,1H3. The Morgan fingerprint density at radius 2 is 1.48 bits per heavy atom. The Bertz CT molecular complexity index is 1060. The van der Waals surface area contributed by atoms with Crippen LogP contribution in [0.4, 0.5) is 27.6 Å². The molecule has 2 rings (SSSR count). The average Bonchev–Trinajstić information content (AvgIpc) is 2.51. The number of aryl methyl sites for hydroxylation is 1. The van der Waals surface area contributed by atoms with E-state index in [0.717, 1.165) is 5.56 Å². The Hall–Kier alpha value is -2.41. The van der Waals surface area contributed by atoms with E-state index in [9.17, 15) is 38.8 Å². The summed E-state index contributed by atoms with van der Waals surface area (Å²) < 4.78 is 116. The molecule has 0 aliphatic rings. The van der Waals surface area contributed by atoms with Crippen molar-refractivity contribution < 1.29 is 43.0 Å². The molecule has 0 radical (unpaired) electrons. The van der Waals surface area contributed by atoms with Gasteiger partial charge in [0.2, 0.25) is 0 Å². The molecule has 1 N–H and O–H groups in total. The first-order valence-corrected chi connectivity index (χ1v) is 9.71. The van der Waals surface area contributed by atoms with Crippen LogP contribution in [0, 0.1) is 18.6 Å². The highest BCUT2D eigenvalue weighted by atomic mass is 32.2. The van der Waals surface area contributed by atoms with Crippen molar-refractivity contribution in [2.24, 2.45) is 0 Å². The van der Waals surface area contributed by atoms with E-state index in [1.807, 2.05) is 0 Å². The molecule has 0 bridgehead atoms. The van der Waals surface area contributed by atoms with Crippen molar-refractivity contribution >= 4 is 25.8 Å². The van der Waals surface area contributed by atoms with Crippen molar-refractivity contribution in [1.82, 2.24) is 0 Å². The van der Waals surface area contributed by atoms with Crippen molar-refractivity contribution in [2.75, 3.05) is 4.72 Å². The minimum Gasteiger partial charge on any atom is -0.373 e. The zero-order valence-electron chi connectivity index (χ0n) is 13.2. The topological polar surface area (TPSA) is 89.5 Å². The normalized spacial score (nSPS) is 12.7. The number of halogens is 5. The molecule has 0 aliphatic carbocycles. The van der Waals surface area contributed by atoms with Gasteiger partial charge in [0.05, 0.1) is 10.6 Å². The molecule has 0 aromatic heterocycles. The van der Waals surface area contributed by atoms with E-state index in [2.05, 4.69) is 4.18 Å². The van der Waals surface area contributed by atoms with E-state index in [0.29, 0.717) is 0 Å². The van der Waals surface area contributed by atoms with E-state index >= 15 is 0 Å². The fourth-order valence-electron chi connectivity index (χ4n) is 1.76. The lowest BCUT2D eigenvalue weighted by Crippen LogP contribution is -2.28. The van der Waals surface area contributed by atoms with Gasteiger partial charge in [-0.1, -0.05) is 17.7 Å². The summed E-state index contributed by atoms with van der Waals surface area (Å²) in [6, 6.07) is 5.34. The lowest BCUT2D eigenvalue weighted by atomic mass is 10.2. The lowest BCUT2D eigenvalue weighted by Gasteiger charge is -2.13. The summed E-state index contributed by atoms with van der Waals surface area (Å²) in [5.74, 6) is -4.81.